The van der Waals surface area contributed by atoms with Gasteiger partial charge in [-0.15, -0.1) is 0 Å². The first-order chi connectivity index (χ1) is 8.90. The first-order valence-corrected chi connectivity index (χ1v) is 7.29. The molecule has 1 heterocycles. The van der Waals surface area contributed by atoms with Gasteiger partial charge in [-0.3, -0.25) is 0 Å². The van der Waals surface area contributed by atoms with Crippen LogP contribution >= 0.6 is 0 Å². The van der Waals surface area contributed by atoms with Crippen molar-refractivity contribution in [3.63, 3.8) is 0 Å². The van der Waals surface area contributed by atoms with E-state index in [9.17, 15) is 0 Å². The van der Waals surface area contributed by atoms with E-state index in [2.05, 4.69) is 30.4 Å². The largest absolute Gasteiger partial charge is 0.372 e. The van der Waals surface area contributed by atoms with Gasteiger partial charge in [0.15, 0.2) is 0 Å². The lowest BCUT2D eigenvalue weighted by atomic mass is 10.0. The van der Waals surface area contributed by atoms with Gasteiger partial charge in [0.1, 0.15) is 0 Å². The van der Waals surface area contributed by atoms with Crippen LogP contribution in [-0.2, 0) is 24.4 Å². The third-order valence-corrected chi connectivity index (χ3v) is 3.53. The second-order valence-corrected chi connectivity index (χ2v) is 5.16. The van der Waals surface area contributed by atoms with Gasteiger partial charge in [-0.05, 0) is 55.5 Å². The van der Waals surface area contributed by atoms with Gasteiger partial charge >= 0.3 is 0 Å². The summed E-state index contributed by atoms with van der Waals surface area (Å²) in [5.41, 5.74) is 4.25. The maximum Gasteiger partial charge on any atom is 0.0725 e. The Hall–Kier alpha value is -0.860. The lowest BCUT2D eigenvalue weighted by Gasteiger charge is -2.05. The number of hydrogen-bond acceptors (Lipinski definition) is 2. The standard InChI is InChI=1S/C16H25NO/c1-2-9-17-10-5-3-4-6-14-7-8-15-12-18-13-16(15)11-14/h7-8,11,17H,2-6,9-10,12-13H2,1H3. The summed E-state index contributed by atoms with van der Waals surface area (Å²) in [7, 11) is 0. The molecule has 0 aromatic heterocycles. The lowest BCUT2D eigenvalue weighted by Crippen LogP contribution is -2.15. The predicted molar refractivity (Wildman–Crippen MR) is 75.7 cm³/mol. The van der Waals surface area contributed by atoms with Crippen LogP contribution in [0.3, 0.4) is 0 Å². The van der Waals surface area contributed by atoms with Crippen molar-refractivity contribution in [1.82, 2.24) is 5.32 Å². The summed E-state index contributed by atoms with van der Waals surface area (Å²) in [6.07, 6.45) is 6.37. The first-order valence-electron chi connectivity index (χ1n) is 7.29. The molecule has 0 saturated carbocycles. The van der Waals surface area contributed by atoms with Crippen LogP contribution in [0.5, 0.6) is 0 Å². The van der Waals surface area contributed by atoms with Crippen molar-refractivity contribution >= 4 is 0 Å². The zero-order valence-electron chi connectivity index (χ0n) is 11.5. The molecule has 0 radical (unpaired) electrons. The summed E-state index contributed by atoms with van der Waals surface area (Å²) >= 11 is 0. The van der Waals surface area contributed by atoms with E-state index in [1.807, 2.05) is 0 Å². The van der Waals surface area contributed by atoms with Crippen LogP contribution in [0.4, 0.5) is 0 Å². The number of aryl methyl sites for hydroxylation is 1. The van der Waals surface area contributed by atoms with Crippen LogP contribution in [0, 0.1) is 0 Å². The van der Waals surface area contributed by atoms with Crippen LogP contribution < -0.4 is 5.32 Å². The monoisotopic (exact) mass is 247 g/mol. The van der Waals surface area contributed by atoms with Gasteiger partial charge in [0.25, 0.3) is 0 Å². The summed E-state index contributed by atoms with van der Waals surface area (Å²) in [4.78, 5) is 0. The lowest BCUT2D eigenvalue weighted by molar-refractivity contribution is 0.134. The smallest absolute Gasteiger partial charge is 0.0725 e. The number of benzene rings is 1. The van der Waals surface area contributed by atoms with E-state index in [-0.39, 0.29) is 0 Å². The van der Waals surface area contributed by atoms with Crippen LogP contribution in [0.1, 0.15) is 49.3 Å². The normalized spacial score (nSPS) is 13.8. The van der Waals surface area contributed by atoms with Crippen molar-refractivity contribution in [2.24, 2.45) is 0 Å². The molecule has 100 valence electrons. The van der Waals surface area contributed by atoms with E-state index in [1.165, 1.54) is 55.3 Å². The van der Waals surface area contributed by atoms with Crippen LogP contribution in [0.25, 0.3) is 0 Å². The third kappa shape index (κ3) is 4.11. The number of unbranched alkanes of at least 4 members (excludes halogenated alkanes) is 2. The number of nitrogens with one attached hydrogen (secondary N) is 1. The molecule has 0 aliphatic carbocycles. The summed E-state index contributed by atoms with van der Waals surface area (Å²) < 4.78 is 5.44. The second kappa shape index (κ2) is 7.55. The fourth-order valence-electron chi connectivity index (χ4n) is 2.44. The van der Waals surface area contributed by atoms with Crippen molar-refractivity contribution in [1.29, 1.82) is 0 Å². The number of hydrogen-bond donors (Lipinski definition) is 1. The summed E-state index contributed by atoms with van der Waals surface area (Å²) in [5.74, 6) is 0. The number of ether oxygens (including phenoxy) is 1. The van der Waals surface area contributed by atoms with Crippen molar-refractivity contribution in [3.05, 3.63) is 34.9 Å². The van der Waals surface area contributed by atoms with E-state index < -0.39 is 0 Å². The molecule has 0 bridgehead atoms. The van der Waals surface area contributed by atoms with Gasteiger partial charge in [0.2, 0.25) is 0 Å². The van der Waals surface area contributed by atoms with Gasteiger partial charge in [0.05, 0.1) is 13.2 Å². The third-order valence-electron chi connectivity index (χ3n) is 3.53. The maximum atomic E-state index is 5.44. The minimum absolute atomic E-state index is 0.804. The molecule has 0 unspecified atom stereocenters. The van der Waals surface area contributed by atoms with Gasteiger partial charge in [-0.2, -0.15) is 0 Å². The highest BCUT2D eigenvalue weighted by atomic mass is 16.5. The molecule has 2 rings (SSSR count). The Balaban J connectivity index is 1.62. The Bertz CT molecular complexity index is 362. The summed E-state index contributed by atoms with van der Waals surface area (Å²) in [5, 5.41) is 3.45. The molecule has 1 aromatic carbocycles. The fraction of sp³-hybridized carbons (Fsp3) is 0.625. The SMILES string of the molecule is CCCNCCCCCc1ccc2c(c1)COC2. The average molecular weight is 247 g/mol. The molecule has 2 heteroatoms. The molecule has 0 spiro atoms. The van der Waals surface area contributed by atoms with E-state index >= 15 is 0 Å². The number of rotatable bonds is 8. The van der Waals surface area contributed by atoms with Crippen molar-refractivity contribution in [2.45, 2.75) is 52.2 Å². The van der Waals surface area contributed by atoms with Crippen molar-refractivity contribution in [2.75, 3.05) is 13.1 Å². The highest BCUT2D eigenvalue weighted by Crippen LogP contribution is 2.21. The average Bonchev–Trinajstić information content (AvgIpc) is 2.85. The molecule has 0 atom stereocenters. The Labute approximate surface area is 111 Å². The zero-order valence-corrected chi connectivity index (χ0v) is 11.5. The molecule has 1 aromatic rings. The van der Waals surface area contributed by atoms with Crippen molar-refractivity contribution < 1.29 is 4.74 Å². The highest BCUT2D eigenvalue weighted by molar-refractivity contribution is 5.33. The topological polar surface area (TPSA) is 21.3 Å². The Morgan fingerprint density at radius 1 is 1.06 bits per heavy atom. The van der Waals surface area contributed by atoms with Crippen molar-refractivity contribution in [3.8, 4) is 0 Å². The minimum Gasteiger partial charge on any atom is -0.372 e. The van der Waals surface area contributed by atoms with Crippen LogP contribution in [-0.4, -0.2) is 13.1 Å². The quantitative estimate of drug-likeness (QED) is 0.711. The fourth-order valence-corrected chi connectivity index (χ4v) is 2.44. The Morgan fingerprint density at radius 3 is 2.83 bits per heavy atom. The molecule has 18 heavy (non-hydrogen) atoms. The molecular weight excluding hydrogens is 222 g/mol. The molecule has 0 amide bonds. The predicted octanol–water partition coefficient (Wildman–Crippen LogP) is 3.43. The van der Waals surface area contributed by atoms with E-state index in [1.54, 1.807) is 0 Å². The number of fused-ring (bicyclic) bond motifs is 1. The minimum atomic E-state index is 0.804. The van der Waals surface area contributed by atoms with E-state index in [4.69, 9.17) is 4.74 Å². The second-order valence-electron chi connectivity index (χ2n) is 5.16. The maximum absolute atomic E-state index is 5.44. The molecular formula is C16H25NO. The molecule has 1 aliphatic rings. The summed E-state index contributed by atoms with van der Waals surface area (Å²) in [6, 6.07) is 6.83. The molecule has 0 fully saturated rings. The Morgan fingerprint density at radius 2 is 1.94 bits per heavy atom. The summed E-state index contributed by atoms with van der Waals surface area (Å²) in [6.45, 7) is 6.16. The molecule has 2 nitrogen and oxygen atoms in total. The van der Waals surface area contributed by atoms with Gasteiger partial charge < -0.3 is 10.1 Å². The zero-order chi connectivity index (χ0) is 12.6. The molecule has 1 aliphatic heterocycles. The van der Waals surface area contributed by atoms with E-state index in [0.29, 0.717) is 0 Å². The molecule has 0 saturated heterocycles. The van der Waals surface area contributed by atoms with Gasteiger partial charge in [0, 0.05) is 0 Å². The van der Waals surface area contributed by atoms with Crippen LogP contribution in [0.2, 0.25) is 0 Å². The van der Waals surface area contributed by atoms with E-state index in [0.717, 1.165) is 19.8 Å². The van der Waals surface area contributed by atoms with Gasteiger partial charge in [-0.1, -0.05) is 31.5 Å². The highest BCUT2D eigenvalue weighted by Gasteiger charge is 2.10. The Kier molecular flexibility index (Phi) is 5.69. The van der Waals surface area contributed by atoms with Crippen LogP contribution in [0.15, 0.2) is 18.2 Å². The van der Waals surface area contributed by atoms with Gasteiger partial charge in [-0.25, -0.2) is 0 Å². The molecule has 1 N–H and O–H groups in total. The first kappa shape index (κ1) is 13.6.